The molecule has 106 valence electrons. The summed E-state index contributed by atoms with van der Waals surface area (Å²) in [5.74, 6) is 0.0792. The number of nitrogens with zero attached hydrogens (tertiary/aromatic N) is 1. The number of benzene rings is 1. The van der Waals surface area contributed by atoms with Gasteiger partial charge in [0.25, 0.3) is 0 Å². The van der Waals surface area contributed by atoms with E-state index >= 15 is 0 Å². The number of rotatable bonds is 5. The van der Waals surface area contributed by atoms with Gasteiger partial charge in [0.15, 0.2) is 0 Å². The third kappa shape index (κ3) is 3.67. The van der Waals surface area contributed by atoms with E-state index in [0.29, 0.717) is 11.3 Å². The van der Waals surface area contributed by atoms with Crippen LogP contribution in [0, 0.1) is 5.82 Å². The van der Waals surface area contributed by atoms with Gasteiger partial charge in [0.2, 0.25) is 5.91 Å². The Hall–Kier alpha value is -1.62. The minimum atomic E-state index is -0.394. The summed E-state index contributed by atoms with van der Waals surface area (Å²) < 4.78 is 19.0. The van der Waals surface area contributed by atoms with Gasteiger partial charge < -0.3 is 9.64 Å². The number of hydrogen-bond donors (Lipinski definition) is 1. The van der Waals surface area contributed by atoms with E-state index in [9.17, 15) is 9.18 Å². The Morgan fingerprint density at radius 1 is 1.37 bits per heavy atom. The topological polar surface area (TPSA) is 41.6 Å². The molecule has 0 aliphatic heterocycles. The van der Waals surface area contributed by atoms with Crippen molar-refractivity contribution >= 4 is 5.91 Å². The van der Waals surface area contributed by atoms with Crippen molar-refractivity contribution in [1.82, 2.24) is 10.2 Å². The predicted molar refractivity (Wildman–Crippen MR) is 72.7 cm³/mol. The molecule has 0 saturated carbocycles. The van der Waals surface area contributed by atoms with Crippen molar-refractivity contribution in [3.05, 3.63) is 29.6 Å². The molecule has 4 nitrogen and oxygen atoms in total. The van der Waals surface area contributed by atoms with Crippen molar-refractivity contribution in [2.24, 2.45) is 0 Å². The molecule has 1 aromatic rings. The van der Waals surface area contributed by atoms with Gasteiger partial charge in [-0.05, 0) is 26.0 Å². The van der Waals surface area contributed by atoms with Crippen LogP contribution in [0.1, 0.15) is 25.5 Å². The van der Waals surface area contributed by atoms with Gasteiger partial charge in [-0.15, -0.1) is 0 Å². The Labute approximate surface area is 113 Å². The average molecular weight is 268 g/mol. The van der Waals surface area contributed by atoms with Gasteiger partial charge in [-0.1, -0.05) is 6.07 Å². The lowest BCUT2D eigenvalue weighted by atomic mass is 10.1. The number of halogens is 1. The molecule has 0 aromatic heterocycles. The van der Waals surface area contributed by atoms with Crippen molar-refractivity contribution < 1.29 is 13.9 Å². The molecular formula is C14H21FN2O2. The molecule has 0 bridgehead atoms. The van der Waals surface area contributed by atoms with Gasteiger partial charge in [0.1, 0.15) is 11.6 Å². The summed E-state index contributed by atoms with van der Waals surface area (Å²) in [6.07, 6.45) is 0. The summed E-state index contributed by atoms with van der Waals surface area (Å²) >= 11 is 0. The van der Waals surface area contributed by atoms with Gasteiger partial charge in [0.05, 0.1) is 13.2 Å². The molecule has 0 saturated heterocycles. The molecule has 1 amide bonds. The Morgan fingerprint density at radius 3 is 2.53 bits per heavy atom. The maximum Gasteiger partial charge on any atom is 0.238 e. The van der Waals surface area contributed by atoms with Gasteiger partial charge in [-0.2, -0.15) is 0 Å². The fourth-order valence-electron chi connectivity index (χ4n) is 2.03. The maximum atomic E-state index is 13.9. The molecule has 2 atom stereocenters. The SMILES string of the molecule is COc1cccc(F)c1C(C)NC(C)C(=O)N(C)C. The molecule has 0 spiro atoms. The van der Waals surface area contributed by atoms with E-state index in [-0.39, 0.29) is 17.8 Å². The zero-order valence-electron chi connectivity index (χ0n) is 12.0. The number of ether oxygens (including phenoxy) is 1. The van der Waals surface area contributed by atoms with Crippen molar-refractivity contribution in [2.75, 3.05) is 21.2 Å². The standard InChI is InChI=1S/C14H21FN2O2/c1-9(16-10(2)14(18)17(3)4)13-11(15)7-6-8-12(13)19-5/h6-10,16H,1-5H3. The Kier molecular flexibility index (Phi) is 5.30. The molecule has 2 unspecified atom stereocenters. The normalized spacial score (nSPS) is 13.8. The first kappa shape index (κ1) is 15.4. The van der Waals surface area contributed by atoms with Crippen LogP contribution in [0.2, 0.25) is 0 Å². The number of amides is 1. The Bertz CT molecular complexity index is 449. The fourth-order valence-corrected chi connectivity index (χ4v) is 2.03. The highest BCUT2D eigenvalue weighted by Gasteiger charge is 2.21. The molecule has 0 fully saturated rings. The van der Waals surface area contributed by atoms with E-state index < -0.39 is 6.04 Å². The van der Waals surface area contributed by atoms with Crippen molar-refractivity contribution in [3.8, 4) is 5.75 Å². The van der Waals surface area contributed by atoms with Crippen LogP contribution in [0.25, 0.3) is 0 Å². The lowest BCUT2D eigenvalue weighted by Crippen LogP contribution is -2.42. The minimum absolute atomic E-state index is 0.0536. The van der Waals surface area contributed by atoms with Gasteiger partial charge in [-0.25, -0.2) is 4.39 Å². The molecule has 0 aliphatic rings. The van der Waals surface area contributed by atoms with E-state index in [1.807, 2.05) is 0 Å². The fraction of sp³-hybridized carbons (Fsp3) is 0.500. The predicted octanol–water partition coefficient (Wildman–Crippen LogP) is 1.96. The number of likely N-dealkylation sites (N-methyl/N-ethyl adjacent to an activating group) is 1. The quantitative estimate of drug-likeness (QED) is 0.887. The van der Waals surface area contributed by atoms with Gasteiger partial charge in [-0.3, -0.25) is 10.1 Å². The number of methoxy groups -OCH3 is 1. The number of nitrogens with one attached hydrogen (secondary N) is 1. The largest absolute Gasteiger partial charge is 0.496 e. The van der Waals surface area contributed by atoms with Crippen LogP contribution in [0.5, 0.6) is 5.75 Å². The van der Waals surface area contributed by atoms with E-state index in [1.54, 1.807) is 40.1 Å². The monoisotopic (exact) mass is 268 g/mol. The number of carbonyl (C=O) groups is 1. The Balaban J connectivity index is 2.89. The lowest BCUT2D eigenvalue weighted by molar-refractivity contribution is -0.130. The van der Waals surface area contributed by atoms with E-state index in [2.05, 4.69) is 5.32 Å². The molecule has 1 aromatic carbocycles. The molecular weight excluding hydrogens is 247 g/mol. The zero-order valence-corrected chi connectivity index (χ0v) is 12.0. The lowest BCUT2D eigenvalue weighted by Gasteiger charge is -2.23. The molecule has 5 heteroatoms. The third-order valence-corrected chi connectivity index (χ3v) is 2.98. The van der Waals surface area contributed by atoms with Crippen LogP contribution in [0.4, 0.5) is 4.39 Å². The molecule has 0 heterocycles. The summed E-state index contributed by atoms with van der Waals surface area (Å²) in [6.45, 7) is 3.56. The minimum Gasteiger partial charge on any atom is -0.496 e. The van der Waals surface area contributed by atoms with E-state index in [1.165, 1.54) is 18.1 Å². The summed E-state index contributed by atoms with van der Waals surface area (Å²) in [5, 5.41) is 3.08. The van der Waals surface area contributed by atoms with Gasteiger partial charge >= 0.3 is 0 Å². The third-order valence-electron chi connectivity index (χ3n) is 2.98. The molecule has 0 aliphatic carbocycles. The molecule has 1 rings (SSSR count). The maximum absolute atomic E-state index is 13.9. The van der Waals surface area contributed by atoms with E-state index in [4.69, 9.17) is 4.74 Å². The van der Waals surface area contributed by atoms with Crippen LogP contribution < -0.4 is 10.1 Å². The smallest absolute Gasteiger partial charge is 0.238 e. The molecule has 19 heavy (non-hydrogen) atoms. The van der Waals surface area contributed by atoms with Crippen molar-refractivity contribution in [2.45, 2.75) is 25.9 Å². The van der Waals surface area contributed by atoms with Crippen LogP contribution >= 0.6 is 0 Å². The Morgan fingerprint density at radius 2 is 2.00 bits per heavy atom. The zero-order chi connectivity index (χ0) is 14.6. The highest BCUT2D eigenvalue weighted by atomic mass is 19.1. The molecule has 0 radical (unpaired) electrons. The second kappa shape index (κ2) is 6.52. The first-order chi connectivity index (χ1) is 8.88. The van der Waals surface area contributed by atoms with E-state index in [0.717, 1.165) is 0 Å². The van der Waals surface area contributed by atoms with Crippen LogP contribution in [0.3, 0.4) is 0 Å². The summed E-state index contributed by atoms with van der Waals surface area (Å²) in [5.41, 5.74) is 0.434. The van der Waals surface area contributed by atoms with Crippen molar-refractivity contribution in [3.63, 3.8) is 0 Å². The summed E-state index contributed by atoms with van der Waals surface area (Å²) in [6, 6.07) is 3.96. The van der Waals surface area contributed by atoms with Crippen LogP contribution in [-0.2, 0) is 4.79 Å². The van der Waals surface area contributed by atoms with Crippen LogP contribution in [0.15, 0.2) is 18.2 Å². The second-order valence-electron chi connectivity index (χ2n) is 4.70. The van der Waals surface area contributed by atoms with Crippen LogP contribution in [-0.4, -0.2) is 38.1 Å². The molecule has 1 N–H and O–H groups in total. The number of carbonyl (C=O) groups excluding carboxylic acids is 1. The number of hydrogen-bond acceptors (Lipinski definition) is 3. The van der Waals surface area contributed by atoms with Gasteiger partial charge in [0, 0.05) is 25.7 Å². The van der Waals surface area contributed by atoms with Crippen molar-refractivity contribution in [1.29, 1.82) is 0 Å². The highest BCUT2D eigenvalue weighted by Crippen LogP contribution is 2.27. The second-order valence-corrected chi connectivity index (χ2v) is 4.70. The first-order valence-corrected chi connectivity index (χ1v) is 6.18. The summed E-state index contributed by atoms with van der Waals surface area (Å²) in [4.78, 5) is 13.3. The first-order valence-electron chi connectivity index (χ1n) is 6.18. The summed E-state index contributed by atoms with van der Waals surface area (Å²) in [7, 11) is 4.88. The highest BCUT2D eigenvalue weighted by molar-refractivity contribution is 5.80. The average Bonchev–Trinajstić information content (AvgIpc) is 2.36.